The van der Waals surface area contributed by atoms with Crippen LogP contribution in [0.15, 0.2) is 42.5 Å². The fraction of sp³-hybridized carbons (Fsp3) is 0.300. The minimum absolute atomic E-state index is 0.106. The van der Waals surface area contributed by atoms with Crippen molar-refractivity contribution in [1.82, 2.24) is 10.6 Å². The molecule has 0 aliphatic rings. The summed E-state index contributed by atoms with van der Waals surface area (Å²) in [6, 6.07) is 10.1. The number of benzene rings is 2. The van der Waals surface area contributed by atoms with Crippen molar-refractivity contribution in [2.45, 2.75) is 26.4 Å². The molecule has 0 aliphatic heterocycles. The van der Waals surface area contributed by atoms with Crippen molar-refractivity contribution in [1.29, 1.82) is 0 Å². The van der Waals surface area contributed by atoms with E-state index in [4.69, 9.17) is 4.74 Å². The summed E-state index contributed by atoms with van der Waals surface area (Å²) in [5.74, 6) is -2.03. The van der Waals surface area contributed by atoms with Gasteiger partial charge in [-0.1, -0.05) is 12.1 Å². The second-order valence-electron chi connectivity index (χ2n) is 6.25. The van der Waals surface area contributed by atoms with Crippen LogP contribution in [-0.4, -0.2) is 31.0 Å². The molecule has 0 bridgehead atoms. The second-order valence-corrected chi connectivity index (χ2v) is 6.25. The van der Waals surface area contributed by atoms with Crippen molar-refractivity contribution in [3.05, 3.63) is 65.2 Å². The van der Waals surface area contributed by atoms with E-state index in [9.17, 15) is 18.4 Å². The van der Waals surface area contributed by atoms with Crippen LogP contribution >= 0.6 is 0 Å². The van der Waals surface area contributed by atoms with Crippen LogP contribution in [0.1, 0.15) is 29.8 Å². The Bertz CT molecular complexity index is 772. The Balaban J connectivity index is 1.72. The lowest BCUT2D eigenvalue weighted by molar-refractivity contribution is -0.120. The largest absolute Gasteiger partial charge is 0.491 e. The van der Waals surface area contributed by atoms with Crippen LogP contribution in [0.4, 0.5) is 8.78 Å². The summed E-state index contributed by atoms with van der Waals surface area (Å²) in [7, 11) is 0. The smallest absolute Gasteiger partial charge is 0.251 e. The molecule has 5 nitrogen and oxygen atoms in total. The zero-order valence-electron chi connectivity index (χ0n) is 15.2. The van der Waals surface area contributed by atoms with Crippen LogP contribution in [0, 0.1) is 11.6 Å². The highest BCUT2D eigenvalue weighted by Crippen LogP contribution is 2.14. The van der Waals surface area contributed by atoms with Crippen LogP contribution in [0.2, 0.25) is 0 Å². The van der Waals surface area contributed by atoms with Gasteiger partial charge >= 0.3 is 0 Å². The van der Waals surface area contributed by atoms with Crippen molar-refractivity contribution < 1.29 is 23.1 Å². The van der Waals surface area contributed by atoms with Gasteiger partial charge in [0.05, 0.1) is 12.6 Å². The molecule has 2 amide bonds. The molecule has 0 fully saturated rings. The molecule has 144 valence electrons. The Labute approximate surface area is 156 Å². The highest BCUT2D eigenvalue weighted by Gasteiger charge is 2.10. The molecule has 7 heteroatoms. The predicted octanol–water partition coefficient (Wildman–Crippen LogP) is 2.84. The van der Waals surface area contributed by atoms with E-state index in [1.807, 2.05) is 38.1 Å². The molecule has 0 saturated carbocycles. The number of carbonyl (C=O) groups is 2. The number of amides is 2. The molecule has 0 aliphatic carbocycles. The summed E-state index contributed by atoms with van der Waals surface area (Å²) >= 11 is 0. The first-order chi connectivity index (χ1) is 12.8. The predicted molar refractivity (Wildman–Crippen MR) is 97.6 cm³/mol. The van der Waals surface area contributed by atoms with E-state index < -0.39 is 17.5 Å². The van der Waals surface area contributed by atoms with Crippen molar-refractivity contribution in [3.8, 4) is 5.75 Å². The summed E-state index contributed by atoms with van der Waals surface area (Å²) in [6.07, 6.45) is 0.728. The molecular formula is C20H22F2N2O3. The summed E-state index contributed by atoms with van der Waals surface area (Å²) < 4.78 is 31.8. The first-order valence-electron chi connectivity index (χ1n) is 8.60. The Morgan fingerprint density at radius 1 is 1.00 bits per heavy atom. The lowest BCUT2D eigenvalue weighted by atomic mass is 10.1. The molecule has 2 rings (SSSR count). The molecule has 2 aromatic rings. The monoisotopic (exact) mass is 376 g/mol. The topological polar surface area (TPSA) is 67.4 Å². The van der Waals surface area contributed by atoms with E-state index in [-0.39, 0.29) is 24.1 Å². The number of hydrogen-bond donors (Lipinski definition) is 2. The normalized spacial score (nSPS) is 10.6. The van der Waals surface area contributed by atoms with Crippen LogP contribution in [-0.2, 0) is 11.2 Å². The third kappa shape index (κ3) is 7.05. The lowest BCUT2D eigenvalue weighted by Crippen LogP contribution is -2.37. The third-order valence-electron chi connectivity index (χ3n) is 3.57. The van der Waals surface area contributed by atoms with E-state index in [2.05, 4.69) is 10.6 Å². The third-order valence-corrected chi connectivity index (χ3v) is 3.57. The molecule has 0 spiro atoms. The number of nitrogens with one attached hydrogen (secondary N) is 2. The van der Waals surface area contributed by atoms with Gasteiger partial charge in [0.2, 0.25) is 5.91 Å². The highest BCUT2D eigenvalue weighted by atomic mass is 19.1. The standard InChI is InChI=1S/C20H22F2N2O3/c1-13(2)27-18-5-3-14(4-6-18)7-8-23-19(25)12-24-20(26)15-9-16(21)11-17(22)10-15/h3-6,9-11,13H,7-8,12H2,1-2H3,(H,23,25)(H,24,26). The minimum Gasteiger partial charge on any atom is -0.491 e. The zero-order valence-corrected chi connectivity index (χ0v) is 15.2. The molecule has 0 heterocycles. The fourth-order valence-electron chi connectivity index (χ4n) is 2.36. The van der Waals surface area contributed by atoms with Gasteiger partial charge in [-0.15, -0.1) is 0 Å². The average Bonchev–Trinajstić information content (AvgIpc) is 2.60. The van der Waals surface area contributed by atoms with Crippen LogP contribution in [0.5, 0.6) is 5.75 Å². The van der Waals surface area contributed by atoms with Crippen LogP contribution in [0.25, 0.3) is 0 Å². The molecule has 0 unspecified atom stereocenters. The van der Waals surface area contributed by atoms with Crippen molar-refractivity contribution in [3.63, 3.8) is 0 Å². The maximum absolute atomic E-state index is 13.1. The molecule has 0 atom stereocenters. The Morgan fingerprint density at radius 3 is 2.22 bits per heavy atom. The Hall–Kier alpha value is -2.96. The van der Waals surface area contributed by atoms with Gasteiger partial charge in [0.25, 0.3) is 5.91 Å². The molecule has 0 radical (unpaired) electrons. The number of halogens is 2. The zero-order chi connectivity index (χ0) is 19.8. The van der Waals surface area contributed by atoms with Gasteiger partial charge in [0.15, 0.2) is 0 Å². The van der Waals surface area contributed by atoms with Gasteiger partial charge < -0.3 is 15.4 Å². The first-order valence-corrected chi connectivity index (χ1v) is 8.60. The second kappa shape index (κ2) is 9.66. The van der Waals surface area contributed by atoms with Gasteiger partial charge in [0.1, 0.15) is 17.4 Å². The SMILES string of the molecule is CC(C)Oc1ccc(CCNC(=O)CNC(=O)c2cc(F)cc(F)c2)cc1. The number of carbonyl (C=O) groups excluding carboxylic acids is 2. The molecule has 2 aromatic carbocycles. The van der Waals surface area contributed by atoms with E-state index in [1.165, 1.54) is 0 Å². The molecule has 0 saturated heterocycles. The molecule has 0 aromatic heterocycles. The van der Waals surface area contributed by atoms with Gasteiger partial charge in [-0.2, -0.15) is 0 Å². The maximum Gasteiger partial charge on any atom is 0.251 e. The molecule has 27 heavy (non-hydrogen) atoms. The number of hydrogen-bond acceptors (Lipinski definition) is 3. The van der Waals surface area contributed by atoms with Crippen LogP contribution in [0.3, 0.4) is 0 Å². The van der Waals surface area contributed by atoms with Gasteiger partial charge in [-0.05, 0) is 50.1 Å². The number of ether oxygens (including phenoxy) is 1. The molecular weight excluding hydrogens is 354 g/mol. The maximum atomic E-state index is 13.1. The fourth-order valence-corrected chi connectivity index (χ4v) is 2.36. The summed E-state index contributed by atoms with van der Waals surface area (Å²) in [6.45, 7) is 4.02. The van der Waals surface area contributed by atoms with E-state index in [0.717, 1.165) is 23.4 Å². The van der Waals surface area contributed by atoms with Crippen LogP contribution < -0.4 is 15.4 Å². The number of rotatable bonds is 8. The summed E-state index contributed by atoms with van der Waals surface area (Å²) in [5, 5.41) is 5.00. The van der Waals surface area contributed by atoms with Crippen molar-refractivity contribution >= 4 is 11.8 Å². The van der Waals surface area contributed by atoms with E-state index >= 15 is 0 Å². The first kappa shape index (κ1) is 20.4. The van der Waals surface area contributed by atoms with Gasteiger partial charge in [0, 0.05) is 18.2 Å². The minimum atomic E-state index is -0.852. The van der Waals surface area contributed by atoms with Gasteiger partial charge in [-0.3, -0.25) is 9.59 Å². The Morgan fingerprint density at radius 2 is 1.63 bits per heavy atom. The van der Waals surface area contributed by atoms with E-state index in [0.29, 0.717) is 19.0 Å². The highest BCUT2D eigenvalue weighted by molar-refractivity contribution is 5.96. The van der Waals surface area contributed by atoms with E-state index in [1.54, 1.807) is 0 Å². The average molecular weight is 376 g/mol. The van der Waals surface area contributed by atoms with Crippen molar-refractivity contribution in [2.24, 2.45) is 0 Å². The lowest BCUT2D eigenvalue weighted by Gasteiger charge is -2.10. The van der Waals surface area contributed by atoms with Gasteiger partial charge in [-0.25, -0.2) is 8.78 Å². The summed E-state index contributed by atoms with van der Waals surface area (Å²) in [5.41, 5.74) is 0.856. The quantitative estimate of drug-likeness (QED) is 0.745. The Kier molecular flexibility index (Phi) is 7.28. The van der Waals surface area contributed by atoms with Crippen molar-refractivity contribution in [2.75, 3.05) is 13.1 Å². The molecule has 2 N–H and O–H groups in total. The summed E-state index contributed by atoms with van der Waals surface area (Å²) in [4.78, 5) is 23.6.